The van der Waals surface area contributed by atoms with Gasteiger partial charge in [-0.1, -0.05) is 35.5 Å². The number of benzene rings is 2. The molecule has 1 aromatic heterocycles. The number of ether oxygens (including phenoxy) is 2. The number of aryl methyl sites for hydroxylation is 1. The molecule has 0 saturated carbocycles. The molecule has 3 aromatic rings. The van der Waals surface area contributed by atoms with Crippen LogP contribution in [0.3, 0.4) is 0 Å². The number of hydrogen-bond acceptors (Lipinski definition) is 6. The van der Waals surface area contributed by atoms with Crippen LogP contribution in [0.2, 0.25) is 0 Å². The minimum atomic E-state index is -0.0156. The van der Waals surface area contributed by atoms with Crippen molar-refractivity contribution in [2.75, 3.05) is 26.3 Å². The Morgan fingerprint density at radius 2 is 2.00 bits per heavy atom. The predicted molar refractivity (Wildman–Crippen MR) is 114 cm³/mol. The molecule has 1 fully saturated rings. The number of piperidine rings is 1. The van der Waals surface area contributed by atoms with Gasteiger partial charge in [-0.2, -0.15) is 4.98 Å². The van der Waals surface area contributed by atoms with Gasteiger partial charge in [-0.05, 0) is 43.4 Å². The zero-order valence-electron chi connectivity index (χ0n) is 17.5. The van der Waals surface area contributed by atoms with Crippen molar-refractivity contribution in [1.82, 2.24) is 15.0 Å². The van der Waals surface area contributed by atoms with Crippen molar-refractivity contribution in [2.45, 2.75) is 26.2 Å². The van der Waals surface area contributed by atoms with Crippen LogP contribution in [0.1, 0.15) is 34.7 Å². The van der Waals surface area contributed by atoms with Crippen molar-refractivity contribution in [3.05, 3.63) is 59.5 Å². The number of nitrogens with zero attached hydrogens (tertiary/aromatic N) is 3. The molecule has 0 N–H and O–H groups in total. The van der Waals surface area contributed by atoms with E-state index in [1.54, 1.807) is 0 Å². The van der Waals surface area contributed by atoms with E-state index >= 15 is 0 Å². The summed E-state index contributed by atoms with van der Waals surface area (Å²) in [6.07, 6.45) is 2.63. The third-order valence-electron chi connectivity index (χ3n) is 5.92. The number of carbonyl (C=O) groups excluding carboxylic acids is 1. The van der Waals surface area contributed by atoms with Gasteiger partial charge < -0.3 is 18.9 Å². The smallest absolute Gasteiger partial charge is 0.257 e. The van der Waals surface area contributed by atoms with Crippen molar-refractivity contribution >= 4 is 5.91 Å². The van der Waals surface area contributed by atoms with Crippen molar-refractivity contribution in [1.29, 1.82) is 0 Å². The van der Waals surface area contributed by atoms with Crippen LogP contribution in [0.5, 0.6) is 11.5 Å². The molecular formula is C24H25N3O4. The van der Waals surface area contributed by atoms with Crippen LogP contribution in [0, 0.1) is 12.8 Å². The van der Waals surface area contributed by atoms with Crippen molar-refractivity contribution in [3.8, 4) is 22.9 Å². The van der Waals surface area contributed by atoms with E-state index in [9.17, 15) is 4.79 Å². The average Bonchev–Trinajstić information content (AvgIpc) is 3.27. The fraction of sp³-hybridized carbons (Fsp3) is 0.375. The Bertz CT molecular complexity index is 1090. The van der Waals surface area contributed by atoms with Gasteiger partial charge >= 0.3 is 0 Å². The molecule has 31 heavy (non-hydrogen) atoms. The molecule has 1 amide bonds. The van der Waals surface area contributed by atoms with Crippen LogP contribution in [0.4, 0.5) is 0 Å². The molecule has 7 nitrogen and oxygen atoms in total. The van der Waals surface area contributed by atoms with Crippen LogP contribution in [-0.4, -0.2) is 47.3 Å². The Morgan fingerprint density at radius 1 is 1.13 bits per heavy atom. The number of rotatable bonds is 4. The third-order valence-corrected chi connectivity index (χ3v) is 5.92. The first-order valence-corrected chi connectivity index (χ1v) is 10.8. The summed E-state index contributed by atoms with van der Waals surface area (Å²) in [7, 11) is 0. The molecular weight excluding hydrogens is 394 g/mol. The Morgan fingerprint density at radius 3 is 2.90 bits per heavy atom. The van der Waals surface area contributed by atoms with Gasteiger partial charge in [0, 0.05) is 25.1 Å². The van der Waals surface area contributed by atoms with Crippen LogP contribution in [-0.2, 0) is 6.42 Å². The molecule has 1 saturated heterocycles. The largest absolute Gasteiger partial charge is 0.486 e. The van der Waals surface area contributed by atoms with E-state index in [-0.39, 0.29) is 11.8 Å². The highest BCUT2D eigenvalue weighted by Gasteiger charge is 2.29. The summed E-state index contributed by atoms with van der Waals surface area (Å²) in [5.74, 6) is 2.69. The second-order valence-electron chi connectivity index (χ2n) is 8.12. The molecule has 0 aliphatic carbocycles. The molecule has 3 heterocycles. The minimum Gasteiger partial charge on any atom is -0.486 e. The molecule has 0 radical (unpaired) electrons. The van der Waals surface area contributed by atoms with Crippen LogP contribution in [0.15, 0.2) is 47.0 Å². The first-order chi connectivity index (χ1) is 15.2. The molecule has 0 bridgehead atoms. The average molecular weight is 419 g/mol. The molecule has 2 aliphatic heterocycles. The van der Waals surface area contributed by atoms with E-state index in [0.717, 1.165) is 30.5 Å². The van der Waals surface area contributed by atoms with Crippen LogP contribution in [0.25, 0.3) is 11.4 Å². The summed E-state index contributed by atoms with van der Waals surface area (Å²) < 4.78 is 16.9. The first-order valence-electron chi connectivity index (χ1n) is 10.8. The Labute approximate surface area is 181 Å². The molecule has 1 atom stereocenters. The van der Waals surface area contributed by atoms with Crippen LogP contribution >= 0.6 is 0 Å². The van der Waals surface area contributed by atoms with E-state index in [4.69, 9.17) is 14.0 Å². The van der Waals surface area contributed by atoms with Gasteiger partial charge in [-0.3, -0.25) is 4.79 Å². The topological polar surface area (TPSA) is 77.7 Å². The lowest BCUT2D eigenvalue weighted by Gasteiger charge is -2.33. The van der Waals surface area contributed by atoms with E-state index in [2.05, 4.69) is 10.1 Å². The van der Waals surface area contributed by atoms with Crippen molar-refractivity contribution in [3.63, 3.8) is 0 Å². The minimum absolute atomic E-state index is 0.0156. The monoisotopic (exact) mass is 419 g/mol. The molecule has 0 spiro atoms. The number of fused-ring (bicyclic) bond motifs is 1. The van der Waals surface area contributed by atoms with E-state index in [1.807, 2.05) is 54.3 Å². The van der Waals surface area contributed by atoms with Crippen molar-refractivity contribution in [2.24, 2.45) is 5.92 Å². The standard InChI is InChI=1S/C24H25N3O4/c1-16-6-2-3-8-18(16)23-25-21(31-26-23)14-17-7-5-11-27(15-17)24(28)19-9-4-10-20-22(19)30-13-12-29-20/h2-4,6,8-10,17H,5,7,11-15H2,1H3. The first kappa shape index (κ1) is 19.6. The summed E-state index contributed by atoms with van der Waals surface area (Å²) in [4.78, 5) is 19.7. The Hall–Kier alpha value is -3.35. The van der Waals surface area contributed by atoms with E-state index < -0.39 is 0 Å². The second kappa shape index (κ2) is 8.41. The zero-order chi connectivity index (χ0) is 21.2. The van der Waals surface area contributed by atoms with Gasteiger partial charge in [0.05, 0.1) is 5.56 Å². The highest BCUT2D eigenvalue weighted by Crippen LogP contribution is 2.35. The SMILES string of the molecule is Cc1ccccc1-c1noc(CC2CCCN(C(=O)c3cccc4c3OCCO4)C2)n1. The van der Waals surface area contributed by atoms with Crippen LogP contribution < -0.4 is 9.47 Å². The molecule has 7 heteroatoms. The quantitative estimate of drug-likeness (QED) is 0.638. The fourth-order valence-corrected chi connectivity index (χ4v) is 4.35. The summed E-state index contributed by atoms with van der Waals surface area (Å²) in [6, 6.07) is 13.5. The maximum atomic E-state index is 13.2. The van der Waals surface area contributed by atoms with Gasteiger partial charge in [0.25, 0.3) is 5.91 Å². The Kier molecular flexibility index (Phi) is 5.32. The molecule has 1 unspecified atom stereocenters. The summed E-state index contributed by atoms with van der Waals surface area (Å²) in [5, 5.41) is 4.17. The number of aromatic nitrogens is 2. The molecule has 160 valence electrons. The highest BCUT2D eigenvalue weighted by molar-refractivity contribution is 5.98. The number of hydrogen-bond donors (Lipinski definition) is 0. The number of carbonyl (C=O) groups is 1. The number of amides is 1. The normalized spacial score (nSPS) is 18.1. The van der Waals surface area contributed by atoms with Crippen molar-refractivity contribution < 1.29 is 18.8 Å². The van der Waals surface area contributed by atoms with Gasteiger partial charge in [0.15, 0.2) is 11.5 Å². The van der Waals surface area contributed by atoms with E-state index in [1.165, 1.54) is 0 Å². The van der Waals surface area contributed by atoms with Gasteiger partial charge in [0.2, 0.25) is 11.7 Å². The van der Waals surface area contributed by atoms with Gasteiger partial charge in [0.1, 0.15) is 13.2 Å². The predicted octanol–water partition coefficient (Wildman–Crippen LogP) is 3.91. The third kappa shape index (κ3) is 4.00. The maximum absolute atomic E-state index is 13.2. The zero-order valence-corrected chi connectivity index (χ0v) is 17.5. The van der Waals surface area contributed by atoms with E-state index in [0.29, 0.717) is 55.0 Å². The van der Waals surface area contributed by atoms with Gasteiger partial charge in [-0.25, -0.2) is 0 Å². The lowest BCUT2D eigenvalue weighted by atomic mass is 9.94. The maximum Gasteiger partial charge on any atom is 0.257 e. The molecule has 2 aromatic carbocycles. The molecule has 5 rings (SSSR count). The summed E-state index contributed by atoms with van der Waals surface area (Å²) in [5.41, 5.74) is 2.66. The number of likely N-dealkylation sites (tertiary alicyclic amines) is 1. The summed E-state index contributed by atoms with van der Waals surface area (Å²) in [6.45, 7) is 4.39. The summed E-state index contributed by atoms with van der Waals surface area (Å²) >= 11 is 0. The molecule has 2 aliphatic rings. The van der Waals surface area contributed by atoms with Gasteiger partial charge in [-0.15, -0.1) is 0 Å². The lowest BCUT2D eigenvalue weighted by Crippen LogP contribution is -2.40. The number of para-hydroxylation sites is 1. The fourth-order valence-electron chi connectivity index (χ4n) is 4.35. The Balaban J connectivity index is 1.28. The lowest BCUT2D eigenvalue weighted by molar-refractivity contribution is 0.0658. The second-order valence-corrected chi connectivity index (χ2v) is 8.12. The highest BCUT2D eigenvalue weighted by atomic mass is 16.6.